The van der Waals surface area contributed by atoms with E-state index >= 15 is 0 Å². The molecule has 0 saturated carbocycles. The Kier molecular flexibility index (Phi) is 5.88. The van der Waals surface area contributed by atoms with Crippen LogP contribution >= 0.6 is 23.4 Å². The minimum atomic E-state index is -0.651. The van der Waals surface area contributed by atoms with Gasteiger partial charge in [0.2, 0.25) is 0 Å². The molecule has 0 spiro atoms. The number of rotatable bonds is 4. The number of aliphatic hydroxyl groups excluding tert-OH is 1. The van der Waals surface area contributed by atoms with Crippen LogP contribution in [0, 0.1) is 0 Å². The highest BCUT2D eigenvalue weighted by Crippen LogP contribution is 2.40. The Balaban J connectivity index is 2.01. The second-order valence-corrected chi connectivity index (χ2v) is 6.96. The van der Waals surface area contributed by atoms with Crippen LogP contribution in [0.5, 0.6) is 5.75 Å². The van der Waals surface area contributed by atoms with E-state index < -0.39 is 5.97 Å². The molecule has 1 N–H and O–H groups in total. The second-order valence-electron chi connectivity index (χ2n) is 5.50. The number of benzene rings is 2. The minimum Gasteiger partial charge on any atom is -0.506 e. The van der Waals surface area contributed by atoms with E-state index in [4.69, 9.17) is 21.1 Å². The maximum absolute atomic E-state index is 12.2. The summed E-state index contributed by atoms with van der Waals surface area (Å²) in [6.07, 6.45) is 1.74. The van der Waals surface area contributed by atoms with Gasteiger partial charge in [0, 0.05) is 5.02 Å². The van der Waals surface area contributed by atoms with Crippen molar-refractivity contribution >= 4 is 46.1 Å². The van der Waals surface area contributed by atoms with Crippen LogP contribution in [0.4, 0.5) is 5.69 Å². The summed E-state index contributed by atoms with van der Waals surface area (Å²) in [7, 11) is 2.84. The third-order valence-corrected chi connectivity index (χ3v) is 4.98. The first kappa shape index (κ1) is 19.1. The fourth-order valence-electron chi connectivity index (χ4n) is 2.41. The quantitative estimate of drug-likeness (QED) is 0.717. The average Bonchev–Trinajstić information content (AvgIpc) is 2.97. The van der Waals surface area contributed by atoms with Crippen LogP contribution in [0.2, 0.25) is 5.02 Å². The fourth-order valence-corrected chi connectivity index (χ4v) is 3.65. The summed E-state index contributed by atoms with van der Waals surface area (Å²) in [6, 6.07) is 14.2. The molecule has 0 saturated heterocycles. The van der Waals surface area contributed by atoms with Gasteiger partial charge in [0.25, 0.3) is 0 Å². The molecule has 7 heteroatoms. The van der Waals surface area contributed by atoms with Crippen molar-refractivity contribution in [1.29, 1.82) is 0 Å². The van der Waals surface area contributed by atoms with Crippen molar-refractivity contribution in [3.05, 3.63) is 75.4 Å². The van der Waals surface area contributed by atoms with E-state index in [1.165, 1.54) is 18.9 Å². The van der Waals surface area contributed by atoms with E-state index in [9.17, 15) is 9.90 Å². The van der Waals surface area contributed by atoms with Crippen molar-refractivity contribution in [2.45, 2.75) is 0 Å². The van der Waals surface area contributed by atoms with Gasteiger partial charge in [-0.3, -0.25) is 0 Å². The molecule has 0 amide bonds. The molecule has 0 bridgehead atoms. The van der Waals surface area contributed by atoms with Gasteiger partial charge in [-0.2, -0.15) is 0 Å². The maximum Gasteiger partial charge on any atom is 0.344 e. The Morgan fingerprint density at radius 3 is 2.56 bits per heavy atom. The smallest absolute Gasteiger partial charge is 0.344 e. The summed E-state index contributed by atoms with van der Waals surface area (Å²) >= 11 is 7.20. The summed E-state index contributed by atoms with van der Waals surface area (Å²) in [5, 5.41) is 11.5. The van der Waals surface area contributed by atoms with Crippen molar-refractivity contribution in [1.82, 2.24) is 0 Å². The molecule has 5 nitrogen and oxygen atoms in total. The molecule has 138 valence electrons. The molecular weight excluding hydrogens is 386 g/mol. The summed E-state index contributed by atoms with van der Waals surface area (Å²) < 4.78 is 9.94. The predicted molar refractivity (Wildman–Crippen MR) is 109 cm³/mol. The standard InChI is InChI=1S/C20H16ClNO4S/c1-25-15-8-6-14(7-9-15)22-19-17(20(24)26-2)18(23)16(27-19)11-12-4-3-5-13(21)10-12/h3-11,23H,1-2H3. The average molecular weight is 402 g/mol. The zero-order valence-electron chi connectivity index (χ0n) is 14.6. The molecule has 2 aromatic rings. The third-order valence-electron chi connectivity index (χ3n) is 3.73. The fraction of sp³-hybridized carbons (Fsp3) is 0.100. The zero-order valence-corrected chi connectivity index (χ0v) is 16.2. The molecule has 0 unspecified atom stereocenters. The Bertz CT molecular complexity index is 964. The number of aliphatic imine (C=N–C) groups is 1. The van der Waals surface area contributed by atoms with Crippen molar-refractivity contribution in [2.75, 3.05) is 14.2 Å². The number of nitrogens with zero attached hydrogens (tertiary/aromatic N) is 1. The lowest BCUT2D eigenvalue weighted by molar-refractivity contribution is -0.135. The van der Waals surface area contributed by atoms with Gasteiger partial charge < -0.3 is 14.6 Å². The lowest BCUT2D eigenvalue weighted by atomic mass is 10.1. The number of methoxy groups -OCH3 is 2. The van der Waals surface area contributed by atoms with E-state index in [2.05, 4.69) is 4.99 Å². The Morgan fingerprint density at radius 1 is 1.19 bits per heavy atom. The highest BCUT2D eigenvalue weighted by atomic mass is 35.5. The molecule has 0 radical (unpaired) electrons. The zero-order chi connectivity index (χ0) is 19.4. The predicted octanol–water partition coefficient (Wildman–Crippen LogP) is 5.15. The number of carbonyl (C=O) groups is 1. The van der Waals surface area contributed by atoms with Crippen molar-refractivity contribution in [3.63, 3.8) is 0 Å². The van der Waals surface area contributed by atoms with Gasteiger partial charge in [-0.1, -0.05) is 35.5 Å². The molecule has 1 aliphatic rings. The largest absolute Gasteiger partial charge is 0.506 e. The number of thioether (sulfide) groups is 1. The molecule has 0 fully saturated rings. The highest BCUT2D eigenvalue weighted by molar-refractivity contribution is 8.18. The van der Waals surface area contributed by atoms with E-state index in [0.717, 1.165) is 5.56 Å². The summed E-state index contributed by atoms with van der Waals surface area (Å²) in [6.45, 7) is 0. The normalized spacial score (nSPS) is 16.9. The van der Waals surface area contributed by atoms with E-state index in [-0.39, 0.29) is 11.3 Å². The molecule has 0 aromatic heterocycles. The molecule has 27 heavy (non-hydrogen) atoms. The molecule has 0 atom stereocenters. The summed E-state index contributed by atoms with van der Waals surface area (Å²) in [5.74, 6) is -0.119. The lowest BCUT2D eigenvalue weighted by Crippen LogP contribution is -2.10. The molecule has 1 aliphatic heterocycles. The maximum atomic E-state index is 12.2. The number of ether oxygens (including phenoxy) is 2. The van der Waals surface area contributed by atoms with Gasteiger partial charge in [-0.05, 0) is 48.0 Å². The van der Waals surface area contributed by atoms with Crippen LogP contribution in [0.3, 0.4) is 0 Å². The molecule has 1 heterocycles. The van der Waals surface area contributed by atoms with Crippen LogP contribution in [0.1, 0.15) is 5.56 Å². The number of hydrogen-bond acceptors (Lipinski definition) is 6. The van der Waals surface area contributed by atoms with Crippen LogP contribution in [-0.2, 0) is 9.53 Å². The first-order valence-corrected chi connectivity index (χ1v) is 9.11. The molecule has 3 rings (SSSR count). The van der Waals surface area contributed by atoms with Crippen molar-refractivity contribution in [3.8, 4) is 5.75 Å². The SMILES string of the molecule is COC(=O)C1=C(O)C(=Cc2cccc(Cl)c2)SC1=Nc1ccc(OC)cc1. The monoisotopic (exact) mass is 401 g/mol. The number of aliphatic hydroxyl groups is 1. The Labute approximate surface area is 166 Å². The first-order valence-electron chi connectivity index (χ1n) is 7.92. The topological polar surface area (TPSA) is 68.1 Å². The number of carbonyl (C=O) groups excluding carboxylic acids is 1. The second kappa shape index (κ2) is 8.33. The molecule has 0 aliphatic carbocycles. The van der Waals surface area contributed by atoms with Crippen molar-refractivity contribution in [2.24, 2.45) is 4.99 Å². The van der Waals surface area contributed by atoms with Gasteiger partial charge in [-0.25, -0.2) is 9.79 Å². The van der Waals surface area contributed by atoms with Gasteiger partial charge in [0.1, 0.15) is 22.1 Å². The highest BCUT2D eigenvalue weighted by Gasteiger charge is 2.32. The Morgan fingerprint density at radius 2 is 1.93 bits per heavy atom. The van der Waals surface area contributed by atoms with E-state index in [1.54, 1.807) is 49.6 Å². The van der Waals surface area contributed by atoms with Gasteiger partial charge in [0.15, 0.2) is 0 Å². The first-order chi connectivity index (χ1) is 13.0. The third kappa shape index (κ3) is 4.35. The van der Waals surface area contributed by atoms with Gasteiger partial charge in [-0.15, -0.1) is 0 Å². The molecule has 2 aromatic carbocycles. The van der Waals surface area contributed by atoms with Gasteiger partial charge >= 0.3 is 5.97 Å². The van der Waals surface area contributed by atoms with Crippen LogP contribution in [0.15, 0.2) is 69.8 Å². The van der Waals surface area contributed by atoms with Crippen molar-refractivity contribution < 1.29 is 19.4 Å². The van der Waals surface area contributed by atoms with Crippen LogP contribution in [-0.4, -0.2) is 30.3 Å². The number of halogens is 1. The van der Waals surface area contributed by atoms with Crippen LogP contribution in [0.25, 0.3) is 6.08 Å². The summed E-state index contributed by atoms with van der Waals surface area (Å²) in [4.78, 5) is 17.1. The lowest BCUT2D eigenvalue weighted by Gasteiger charge is -2.03. The van der Waals surface area contributed by atoms with Crippen LogP contribution < -0.4 is 4.74 Å². The van der Waals surface area contributed by atoms with E-state index in [1.807, 2.05) is 12.1 Å². The van der Waals surface area contributed by atoms with E-state index in [0.29, 0.717) is 26.4 Å². The number of esters is 1. The summed E-state index contributed by atoms with van der Waals surface area (Å²) in [5.41, 5.74) is 1.45. The Hall–Kier alpha value is -2.70. The van der Waals surface area contributed by atoms with Gasteiger partial charge in [0.05, 0.1) is 24.8 Å². The minimum absolute atomic E-state index is 0.0339. The molecular formula is C20H16ClNO4S. The number of hydrogen-bond donors (Lipinski definition) is 1.